The summed E-state index contributed by atoms with van der Waals surface area (Å²) in [5.74, 6) is -0.842. The molecule has 0 unspecified atom stereocenters. The van der Waals surface area contributed by atoms with Crippen LogP contribution in [0.2, 0.25) is 0 Å². The second-order valence-corrected chi connectivity index (χ2v) is 5.34. The number of hydrogen-bond acceptors (Lipinski definition) is 4. The minimum atomic E-state index is -3.89. The molecular formula is C10H16FN3O2S. The maximum atomic E-state index is 13.4. The molecule has 0 aliphatic heterocycles. The second-order valence-electron chi connectivity index (χ2n) is 3.48. The monoisotopic (exact) mass is 261 g/mol. The topological polar surface area (TPSA) is 76.3 Å². The van der Waals surface area contributed by atoms with E-state index >= 15 is 0 Å². The Balaban J connectivity index is 3.12. The summed E-state index contributed by atoms with van der Waals surface area (Å²) in [5, 5.41) is -0.540. The third-order valence-electron chi connectivity index (χ3n) is 2.16. The molecule has 0 aliphatic rings. The zero-order valence-electron chi connectivity index (χ0n) is 9.63. The summed E-state index contributed by atoms with van der Waals surface area (Å²) in [6.45, 7) is 2.49. The molecule has 2 N–H and O–H groups in total. The summed E-state index contributed by atoms with van der Waals surface area (Å²) in [6.07, 6.45) is 1.89. The number of sulfonamides is 1. The maximum absolute atomic E-state index is 13.4. The molecule has 0 aliphatic carbocycles. The predicted octanol–water partition coefficient (Wildman–Crippen LogP) is 0.580. The molecule has 1 aromatic rings. The Morgan fingerprint density at radius 2 is 2.18 bits per heavy atom. The van der Waals surface area contributed by atoms with E-state index in [4.69, 9.17) is 5.73 Å². The molecule has 0 fully saturated rings. The second kappa shape index (κ2) is 6.04. The first-order chi connectivity index (χ1) is 8.04. The minimum absolute atomic E-state index is 0.159. The van der Waals surface area contributed by atoms with Gasteiger partial charge in [-0.1, -0.05) is 6.92 Å². The lowest BCUT2D eigenvalue weighted by molar-refractivity contribution is 0.411. The van der Waals surface area contributed by atoms with Crippen LogP contribution in [0.25, 0.3) is 0 Å². The van der Waals surface area contributed by atoms with Gasteiger partial charge in [-0.15, -0.1) is 0 Å². The molecule has 17 heavy (non-hydrogen) atoms. The highest BCUT2D eigenvalue weighted by Crippen LogP contribution is 2.16. The van der Waals surface area contributed by atoms with Crippen molar-refractivity contribution in [1.29, 1.82) is 0 Å². The molecule has 1 rings (SSSR count). The largest absolute Gasteiger partial charge is 0.329 e. The molecule has 0 bridgehead atoms. The van der Waals surface area contributed by atoms with Crippen molar-refractivity contribution in [3.05, 3.63) is 24.1 Å². The standard InChI is InChI=1S/C10H16FN3O2S/c1-2-7-14(8-5-12)17(15,16)10-9(11)4-3-6-13-10/h3-4,6H,2,5,7-8,12H2,1H3. The highest BCUT2D eigenvalue weighted by Gasteiger charge is 2.27. The summed E-state index contributed by atoms with van der Waals surface area (Å²) in [6, 6.07) is 2.42. The molecule has 0 saturated carbocycles. The molecule has 5 nitrogen and oxygen atoms in total. The Labute approximate surface area is 101 Å². The van der Waals surface area contributed by atoms with Crippen molar-refractivity contribution in [2.45, 2.75) is 18.4 Å². The quantitative estimate of drug-likeness (QED) is 0.812. The van der Waals surface area contributed by atoms with Crippen molar-refractivity contribution in [1.82, 2.24) is 9.29 Å². The molecule has 0 saturated heterocycles. The van der Waals surface area contributed by atoms with Crippen molar-refractivity contribution in [2.75, 3.05) is 19.6 Å². The van der Waals surface area contributed by atoms with Gasteiger partial charge in [0.25, 0.3) is 10.0 Å². The van der Waals surface area contributed by atoms with Crippen molar-refractivity contribution in [3.8, 4) is 0 Å². The summed E-state index contributed by atoms with van der Waals surface area (Å²) < 4.78 is 38.8. The Morgan fingerprint density at radius 1 is 1.47 bits per heavy atom. The van der Waals surface area contributed by atoms with Gasteiger partial charge < -0.3 is 5.73 Å². The van der Waals surface area contributed by atoms with Gasteiger partial charge in [0.1, 0.15) is 0 Å². The maximum Gasteiger partial charge on any atom is 0.263 e. The van der Waals surface area contributed by atoms with E-state index in [9.17, 15) is 12.8 Å². The van der Waals surface area contributed by atoms with Crippen LogP contribution in [0.5, 0.6) is 0 Å². The molecule has 0 radical (unpaired) electrons. The first-order valence-corrected chi connectivity index (χ1v) is 6.78. The van der Waals surface area contributed by atoms with Crippen LogP contribution in [0.15, 0.2) is 23.4 Å². The molecule has 96 valence electrons. The van der Waals surface area contributed by atoms with Gasteiger partial charge in [-0.05, 0) is 18.6 Å². The van der Waals surface area contributed by atoms with Crippen LogP contribution in [0, 0.1) is 5.82 Å². The Kier molecular flexibility index (Phi) is 4.98. The van der Waals surface area contributed by atoms with Crippen molar-refractivity contribution in [3.63, 3.8) is 0 Å². The number of nitrogens with two attached hydrogens (primary N) is 1. The highest BCUT2D eigenvalue weighted by atomic mass is 32.2. The van der Waals surface area contributed by atoms with Gasteiger partial charge in [0.2, 0.25) is 5.03 Å². The number of nitrogens with zero attached hydrogens (tertiary/aromatic N) is 2. The first-order valence-electron chi connectivity index (χ1n) is 5.34. The van der Waals surface area contributed by atoms with Crippen LogP contribution in [-0.2, 0) is 10.0 Å². The molecule has 1 heterocycles. The Hall–Kier alpha value is -1.05. The van der Waals surface area contributed by atoms with Gasteiger partial charge in [0.15, 0.2) is 5.82 Å². The molecule has 0 atom stereocenters. The van der Waals surface area contributed by atoms with Crippen LogP contribution in [0.1, 0.15) is 13.3 Å². The van der Waals surface area contributed by atoms with Gasteiger partial charge in [0.05, 0.1) is 0 Å². The average molecular weight is 261 g/mol. The zero-order valence-corrected chi connectivity index (χ0v) is 10.5. The van der Waals surface area contributed by atoms with Crippen LogP contribution < -0.4 is 5.73 Å². The minimum Gasteiger partial charge on any atom is -0.329 e. The third kappa shape index (κ3) is 3.21. The fourth-order valence-corrected chi connectivity index (χ4v) is 2.95. The third-order valence-corrected chi connectivity index (χ3v) is 3.99. The highest BCUT2D eigenvalue weighted by molar-refractivity contribution is 7.89. The van der Waals surface area contributed by atoms with E-state index < -0.39 is 20.9 Å². The Bertz CT molecular complexity index is 458. The smallest absolute Gasteiger partial charge is 0.263 e. The number of rotatable bonds is 6. The van der Waals surface area contributed by atoms with Crippen LogP contribution >= 0.6 is 0 Å². The van der Waals surface area contributed by atoms with Crippen molar-refractivity contribution >= 4 is 10.0 Å². The first kappa shape index (κ1) is 14.0. The number of aromatic nitrogens is 1. The average Bonchev–Trinajstić information content (AvgIpc) is 2.29. The van der Waals surface area contributed by atoms with Gasteiger partial charge in [-0.2, -0.15) is 4.31 Å². The molecule has 0 amide bonds. The van der Waals surface area contributed by atoms with E-state index in [0.29, 0.717) is 13.0 Å². The van der Waals surface area contributed by atoms with E-state index in [0.717, 1.165) is 10.4 Å². The lowest BCUT2D eigenvalue weighted by Crippen LogP contribution is -2.36. The van der Waals surface area contributed by atoms with E-state index in [-0.39, 0.29) is 13.1 Å². The van der Waals surface area contributed by atoms with Gasteiger partial charge >= 0.3 is 0 Å². The van der Waals surface area contributed by atoms with E-state index in [2.05, 4.69) is 4.98 Å². The van der Waals surface area contributed by atoms with Crippen LogP contribution in [0.3, 0.4) is 0 Å². The number of halogens is 1. The van der Waals surface area contributed by atoms with Gasteiger partial charge in [-0.3, -0.25) is 0 Å². The fraction of sp³-hybridized carbons (Fsp3) is 0.500. The Morgan fingerprint density at radius 3 is 2.71 bits per heavy atom. The van der Waals surface area contributed by atoms with Gasteiger partial charge in [0, 0.05) is 25.8 Å². The summed E-state index contributed by atoms with van der Waals surface area (Å²) in [5.41, 5.74) is 5.35. The molecular weight excluding hydrogens is 245 g/mol. The summed E-state index contributed by atoms with van der Waals surface area (Å²) in [4.78, 5) is 3.59. The van der Waals surface area contributed by atoms with E-state index in [1.807, 2.05) is 6.92 Å². The number of hydrogen-bond donors (Lipinski definition) is 1. The fourth-order valence-electron chi connectivity index (χ4n) is 1.43. The molecule has 1 aromatic heterocycles. The molecule has 0 aromatic carbocycles. The van der Waals surface area contributed by atoms with Crippen molar-refractivity contribution in [2.24, 2.45) is 5.73 Å². The summed E-state index contributed by atoms with van der Waals surface area (Å²) >= 11 is 0. The van der Waals surface area contributed by atoms with Crippen molar-refractivity contribution < 1.29 is 12.8 Å². The lowest BCUT2D eigenvalue weighted by atomic mass is 10.5. The number of pyridine rings is 1. The van der Waals surface area contributed by atoms with Crippen LogP contribution in [0.4, 0.5) is 4.39 Å². The van der Waals surface area contributed by atoms with E-state index in [1.165, 1.54) is 12.3 Å². The molecule has 0 spiro atoms. The van der Waals surface area contributed by atoms with Gasteiger partial charge in [-0.25, -0.2) is 17.8 Å². The lowest BCUT2D eigenvalue weighted by Gasteiger charge is -2.20. The van der Waals surface area contributed by atoms with E-state index in [1.54, 1.807) is 0 Å². The normalized spacial score (nSPS) is 12.0. The SMILES string of the molecule is CCCN(CCN)S(=O)(=O)c1ncccc1F. The zero-order chi connectivity index (χ0) is 12.9. The van der Waals surface area contributed by atoms with Crippen LogP contribution in [-0.4, -0.2) is 37.3 Å². The molecule has 7 heteroatoms. The summed E-state index contributed by atoms with van der Waals surface area (Å²) in [7, 11) is -3.89. The predicted molar refractivity (Wildman–Crippen MR) is 62.3 cm³/mol.